The Morgan fingerprint density at radius 2 is 1.94 bits per heavy atom. The molecule has 0 atom stereocenters. The molecule has 1 heterocycles. The van der Waals surface area contributed by atoms with Crippen molar-refractivity contribution in [1.29, 1.82) is 0 Å². The van der Waals surface area contributed by atoms with Crippen molar-refractivity contribution in [3.05, 3.63) is 11.5 Å². The van der Waals surface area contributed by atoms with Crippen LogP contribution < -0.4 is 4.74 Å². The van der Waals surface area contributed by atoms with Gasteiger partial charge in [0.2, 0.25) is 5.88 Å². The molecule has 0 radical (unpaired) electrons. The zero-order chi connectivity index (χ0) is 13.3. The van der Waals surface area contributed by atoms with Gasteiger partial charge in [0.05, 0.1) is 0 Å². The van der Waals surface area contributed by atoms with Gasteiger partial charge in [0.25, 0.3) is 9.05 Å². The summed E-state index contributed by atoms with van der Waals surface area (Å²) >= 11 is 5.39. The highest BCUT2D eigenvalue weighted by molar-refractivity contribution is 8.13. The van der Waals surface area contributed by atoms with E-state index < -0.39 is 37.8 Å². The van der Waals surface area contributed by atoms with Gasteiger partial charge in [0, 0.05) is 10.7 Å². The Kier molecular flexibility index (Phi) is 4.05. The van der Waals surface area contributed by atoms with E-state index in [9.17, 15) is 21.6 Å². The van der Waals surface area contributed by atoms with Crippen LogP contribution in [0.2, 0.25) is 5.15 Å². The number of rotatable bonds is 3. The average molecular weight is 311 g/mol. The van der Waals surface area contributed by atoms with Crippen LogP contribution in [0.25, 0.3) is 0 Å². The molecular formula is C6H3Cl2F3N2O3S. The second-order valence-corrected chi connectivity index (χ2v) is 5.50. The van der Waals surface area contributed by atoms with Crippen LogP contribution >= 0.6 is 22.3 Å². The second-order valence-electron chi connectivity index (χ2n) is 2.64. The quantitative estimate of drug-likeness (QED) is 0.631. The van der Waals surface area contributed by atoms with Gasteiger partial charge in [-0.1, -0.05) is 11.6 Å². The standard InChI is InChI=1S/C6H3Cl2F3N2O3S/c7-4-3(17(8,14)15)5(13-2-12-4)16-1-6(9,10)11/h2H,1H2. The van der Waals surface area contributed by atoms with Gasteiger partial charge < -0.3 is 4.74 Å². The maximum atomic E-state index is 11.9. The summed E-state index contributed by atoms with van der Waals surface area (Å²) in [4.78, 5) is 5.61. The highest BCUT2D eigenvalue weighted by Gasteiger charge is 2.31. The minimum Gasteiger partial charge on any atom is -0.467 e. The highest BCUT2D eigenvalue weighted by atomic mass is 35.7. The topological polar surface area (TPSA) is 69.2 Å². The molecule has 0 spiro atoms. The molecule has 0 amide bonds. The zero-order valence-corrected chi connectivity index (χ0v) is 10.0. The van der Waals surface area contributed by atoms with Crippen molar-refractivity contribution in [1.82, 2.24) is 9.97 Å². The van der Waals surface area contributed by atoms with Crippen molar-refractivity contribution < 1.29 is 26.3 Å². The molecule has 5 nitrogen and oxygen atoms in total. The van der Waals surface area contributed by atoms with Crippen molar-refractivity contribution in [2.24, 2.45) is 0 Å². The molecule has 0 aliphatic rings. The Labute approximate surface area is 103 Å². The number of nitrogens with zero attached hydrogens (tertiary/aromatic N) is 2. The molecule has 1 aromatic rings. The van der Waals surface area contributed by atoms with Gasteiger partial charge >= 0.3 is 6.18 Å². The molecule has 0 aliphatic heterocycles. The van der Waals surface area contributed by atoms with E-state index in [1.165, 1.54) is 0 Å². The minimum atomic E-state index is -4.65. The lowest BCUT2D eigenvalue weighted by Crippen LogP contribution is -2.20. The minimum absolute atomic E-state index is 0.618. The molecule has 1 rings (SSSR count). The third-order valence-electron chi connectivity index (χ3n) is 1.34. The molecule has 0 N–H and O–H groups in total. The van der Waals surface area contributed by atoms with Gasteiger partial charge in [-0.3, -0.25) is 0 Å². The summed E-state index contributed by atoms with van der Waals surface area (Å²) in [6, 6.07) is 0. The lowest BCUT2D eigenvalue weighted by molar-refractivity contribution is -0.154. The van der Waals surface area contributed by atoms with E-state index in [4.69, 9.17) is 22.3 Å². The van der Waals surface area contributed by atoms with Crippen LogP contribution in [0.1, 0.15) is 0 Å². The first-order valence-corrected chi connectivity index (χ1v) is 6.44. The first kappa shape index (κ1) is 14.3. The van der Waals surface area contributed by atoms with E-state index in [1.54, 1.807) is 0 Å². The van der Waals surface area contributed by atoms with Crippen LogP contribution in [0.3, 0.4) is 0 Å². The van der Waals surface area contributed by atoms with Crippen molar-refractivity contribution in [3.8, 4) is 5.88 Å². The van der Waals surface area contributed by atoms with Crippen LogP contribution in [-0.4, -0.2) is 31.2 Å². The molecule has 0 aliphatic carbocycles. The molecule has 0 unspecified atom stereocenters. The van der Waals surface area contributed by atoms with E-state index in [1.807, 2.05) is 0 Å². The van der Waals surface area contributed by atoms with Gasteiger partial charge in [-0.25, -0.2) is 18.4 Å². The lowest BCUT2D eigenvalue weighted by Gasteiger charge is -2.10. The third kappa shape index (κ3) is 4.17. The summed E-state index contributed by atoms with van der Waals surface area (Å²) in [5, 5.41) is -0.618. The smallest absolute Gasteiger partial charge is 0.422 e. The third-order valence-corrected chi connectivity index (χ3v) is 3.06. The van der Waals surface area contributed by atoms with E-state index in [-0.39, 0.29) is 0 Å². The predicted molar refractivity (Wildman–Crippen MR) is 51.6 cm³/mol. The number of hydrogen-bond donors (Lipinski definition) is 0. The molecule has 1 aromatic heterocycles. The molecule has 0 fully saturated rings. The van der Waals surface area contributed by atoms with Gasteiger partial charge in [0.15, 0.2) is 16.7 Å². The van der Waals surface area contributed by atoms with Gasteiger partial charge in [0.1, 0.15) is 6.33 Å². The summed E-state index contributed by atoms with van der Waals surface area (Å²) < 4.78 is 61.9. The van der Waals surface area contributed by atoms with Crippen LogP contribution in [0.4, 0.5) is 13.2 Å². The van der Waals surface area contributed by atoms with Gasteiger partial charge in [-0.2, -0.15) is 13.2 Å². The number of hydrogen-bond acceptors (Lipinski definition) is 5. The summed E-state index contributed by atoms with van der Waals surface area (Å²) in [7, 11) is 0.557. The largest absolute Gasteiger partial charge is 0.467 e. The summed E-state index contributed by atoms with van der Waals surface area (Å²) in [6.07, 6.45) is -3.90. The van der Waals surface area contributed by atoms with Gasteiger partial charge in [-0.15, -0.1) is 0 Å². The van der Waals surface area contributed by atoms with Crippen LogP contribution in [-0.2, 0) is 9.05 Å². The van der Waals surface area contributed by atoms with E-state index in [0.29, 0.717) is 0 Å². The summed E-state index contributed by atoms with van der Waals surface area (Å²) in [5.41, 5.74) is 0. The molecular weight excluding hydrogens is 308 g/mol. The maximum absolute atomic E-state index is 11.9. The average Bonchev–Trinajstić information content (AvgIpc) is 2.11. The number of halogens is 5. The maximum Gasteiger partial charge on any atom is 0.422 e. The number of alkyl halides is 3. The van der Waals surface area contributed by atoms with Crippen LogP contribution in [0, 0.1) is 0 Å². The van der Waals surface area contributed by atoms with E-state index in [0.717, 1.165) is 6.33 Å². The summed E-state index contributed by atoms with van der Waals surface area (Å²) in [5.74, 6) is -0.850. The first-order valence-electron chi connectivity index (χ1n) is 3.76. The fraction of sp³-hybridized carbons (Fsp3) is 0.333. The predicted octanol–water partition coefficient (Wildman–Crippen LogP) is 2.00. The zero-order valence-electron chi connectivity index (χ0n) is 7.70. The van der Waals surface area contributed by atoms with Crippen LogP contribution in [0.15, 0.2) is 11.2 Å². The molecule has 0 saturated heterocycles. The Bertz CT molecular complexity index is 520. The van der Waals surface area contributed by atoms with Crippen molar-refractivity contribution >= 4 is 31.3 Å². The van der Waals surface area contributed by atoms with Crippen molar-refractivity contribution in [2.45, 2.75) is 11.1 Å². The molecule has 0 saturated carbocycles. The normalized spacial score (nSPS) is 12.5. The van der Waals surface area contributed by atoms with Crippen molar-refractivity contribution in [3.63, 3.8) is 0 Å². The number of aromatic nitrogens is 2. The molecule has 0 bridgehead atoms. The van der Waals surface area contributed by atoms with Gasteiger partial charge in [-0.05, 0) is 0 Å². The second kappa shape index (κ2) is 4.83. The lowest BCUT2D eigenvalue weighted by atomic mass is 10.6. The van der Waals surface area contributed by atoms with Crippen molar-refractivity contribution in [2.75, 3.05) is 6.61 Å². The molecule has 0 aromatic carbocycles. The first-order chi connectivity index (χ1) is 7.61. The Hall–Kier alpha value is -0.800. The SMILES string of the molecule is O=S(=O)(Cl)c1c(Cl)ncnc1OCC(F)(F)F. The molecule has 96 valence electrons. The summed E-state index contributed by atoms with van der Waals surface area (Å²) in [6.45, 7) is -1.72. The Balaban J connectivity index is 3.13. The van der Waals surface area contributed by atoms with E-state index >= 15 is 0 Å². The molecule has 17 heavy (non-hydrogen) atoms. The molecule has 11 heteroatoms. The van der Waals surface area contributed by atoms with E-state index in [2.05, 4.69) is 14.7 Å². The fourth-order valence-electron chi connectivity index (χ4n) is 0.795. The highest BCUT2D eigenvalue weighted by Crippen LogP contribution is 2.31. The van der Waals surface area contributed by atoms with Crippen LogP contribution in [0.5, 0.6) is 5.88 Å². The monoisotopic (exact) mass is 310 g/mol. The number of ether oxygens (including phenoxy) is 1. The Morgan fingerprint density at radius 1 is 1.35 bits per heavy atom. The fourth-order valence-corrected chi connectivity index (χ4v) is 2.33. The Morgan fingerprint density at radius 3 is 2.41 bits per heavy atom.